The quantitative estimate of drug-likeness (QED) is 0.628. The van der Waals surface area contributed by atoms with Crippen LogP contribution in [0.25, 0.3) is 0 Å². The van der Waals surface area contributed by atoms with Crippen molar-refractivity contribution in [2.45, 2.75) is 39.0 Å². The molecule has 0 bridgehead atoms. The van der Waals surface area contributed by atoms with Crippen molar-refractivity contribution in [1.82, 2.24) is 4.68 Å². The molecule has 5 heteroatoms. The molecule has 2 N–H and O–H groups in total. The summed E-state index contributed by atoms with van der Waals surface area (Å²) in [5.41, 5.74) is 6.41. The fourth-order valence-corrected chi connectivity index (χ4v) is 2.26. The van der Waals surface area contributed by atoms with Gasteiger partial charge in [0, 0.05) is 0 Å². The Bertz CT molecular complexity index is 347. The number of hydrogen-bond acceptors (Lipinski definition) is 2. The summed E-state index contributed by atoms with van der Waals surface area (Å²) in [7, 11) is 0.460. The van der Waals surface area contributed by atoms with Gasteiger partial charge in [0.05, 0.1) is 19.7 Å². The summed E-state index contributed by atoms with van der Waals surface area (Å²) in [6, 6.07) is 1.91. The van der Waals surface area contributed by atoms with Crippen molar-refractivity contribution in [1.29, 1.82) is 0 Å². The van der Waals surface area contributed by atoms with E-state index in [9.17, 15) is 0 Å². The first-order chi connectivity index (χ1) is 7.34. The molecule has 0 spiro atoms. The predicted octanol–water partition coefficient (Wildman–Crippen LogP) is 1.53. The van der Waals surface area contributed by atoms with E-state index in [1.807, 2.05) is 24.0 Å². The zero-order valence-corrected chi connectivity index (χ0v) is 12.0. The van der Waals surface area contributed by atoms with E-state index in [0.29, 0.717) is 5.54 Å². The fourth-order valence-electron chi connectivity index (χ4n) is 1.31. The minimum absolute atomic E-state index is 0.649. The van der Waals surface area contributed by atoms with Gasteiger partial charge < -0.3 is 10.2 Å². The van der Waals surface area contributed by atoms with Crippen molar-refractivity contribution in [2.75, 3.05) is 12.3 Å². The van der Waals surface area contributed by atoms with Crippen LogP contribution >= 0.6 is 0 Å². The Hall–Kier alpha value is -0.813. The normalized spacial score (nSPS) is 12.4. The molecule has 0 atom stereocenters. The van der Waals surface area contributed by atoms with E-state index >= 15 is 0 Å². The van der Waals surface area contributed by atoms with Crippen molar-refractivity contribution in [2.24, 2.45) is 7.05 Å². The lowest BCUT2D eigenvalue weighted by Crippen LogP contribution is -2.45. The van der Waals surface area contributed by atoms with Gasteiger partial charge >= 0.3 is 0 Å². The fraction of sp³-hybridized carbons (Fsp3) is 0.727. The van der Waals surface area contributed by atoms with Crippen LogP contribution in [-0.2, 0) is 18.0 Å². The molecule has 1 aromatic rings. The largest absolute Gasteiger partial charge is 0.411 e. The molecular weight excluding hydrogens is 218 g/mol. The molecule has 1 heterocycles. The maximum absolute atomic E-state index is 6.02. The number of anilines is 1. The lowest BCUT2D eigenvalue weighted by Gasteiger charge is -2.25. The summed E-state index contributed by atoms with van der Waals surface area (Å²) in [5, 5.41) is 0. The summed E-state index contributed by atoms with van der Waals surface area (Å²) in [6.07, 6.45) is 1.99. The molecule has 0 amide bonds. The van der Waals surface area contributed by atoms with Crippen LogP contribution in [0.15, 0.2) is 12.3 Å². The minimum atomic E-state index is -1.50. The van der Waals surface area contributed by atoms with E-state index in [1.54, 1.807) is 0 Å². The zero-order chi connectivity index (χ0) is 12.3. The summed E-state index contributed by atoms with van der Waals surface area (Å²) >= 11 is 0. The highest BCUT2D eigenvalue weighted by atomic mass is 28.4. The van der Waals surface area contributed by atoms with E-state index in [4.69, 9.17) is 10.2 Å². The highest BCUT2D eigenvalue weighted by Gasteiger charge is 2.27. The van der Waals surface area contributed by atoms with Gasteiger partial charge in [0.15, 0.2) is 26.9 Å². The maximum atomic E-state index is 6.02. The second-order valence-corrected chi connectivity index (χ2v) is 9.68. The third kappa shape index (κ3) is 3.09. The van der Waals surface area contributed by atoms with E-state index in [2.05, 4.69) is 31.6 Å². The first-order valence-electron chi connectivity index (χ1n) is 5.79. The summed E-state index contributed by atoms with van der Waals surface area (Å²) < 4.78 is 10.0. The second-order valence-electron chi connectivity index (χ2n) is 5.03. The van der Waals surface area contributed by atoms with Crippen LogP contribution in [0.3, 0.4) is 0 Å². The van der Waals surface area contributed by atoms with Gasteiger partial charge in [-0.25, -0.2) is 0 Å². The van der Waals surface area contributed by atoms with Crippen LogP contribution in [0.4, 0.5) is 5.82 Å². The Morgan fingerprint density at radius 2 is 2.12 bits per heavy atom. The number of nitrogen functional groups attached to an aromatic ring is 1. The molecule has 0 saturated heterocycles. The molecule has 1 aromatic heterocycles. The van der Waals surface area contributed by atoms with E-state index in [0.717, 1.165) is 19.0 Å². The van der Waals surface area contributed by atoms with Gasteiger partial charge in [-0.15, -0.1) is 9.36 Å². The molecule has 0 aromatic carbocycles. The van der Waals surface area contributed by atoms with Gasteiger partial charge in [-0.05, 0) is 18.6 Å². The monoisotopic (exact) mass is 242 g/mol. The van der Waals surface area contributed by atoms with Crippen molar-refractivity contribution in [3.05, 3.63) is 12.3 Å². The van der Waals surface area contributed by atoms with Crippen molar-refractivity contribution in [3.63, 3.8) is 0 Å². The van der Waals surface area contributed by atoms with Crippen LogP contribution in [0, 0.1) is 0 Å². The number of hydrogen-bond donors (Lipinski definition) is 1. The summed E-state index contributed by atoms with van der Waals surface area (Å²) in [5.74, 6) is 0.778. The van der Waals surface area contributed by atoms with Crippen molar-refractivity contribution in [3.8, 4) is 0 Å². The van der Waals surface area contributed by atoms with Crippen LogP contribution in [-0.4, -0.2) is 19.6 Å². The Kier molecular flexibility index (Phi) is 4.15. The Labute approximate surface area is 99.1 Å². The lowest BCUT2D eigenvalue weighted by molar-refractivity contribution is -0.772. The van der Waals surface area contributed by atoms with Crippen LogP contribution < -0.4 is 10.4 Å². The molecule has 0 unspecified atom stereocenters. The average Bonchev–Trinajstić information content (AvgIpc) is 2.49. The lowest BCUT2D eigenvalue weighted by atomic mass is 10.6. The van der Waals surface area contributed by atoms with Gasteiger partial charge in [0.25, 0.3) is 0 Å². The molecule has 16 heavy (non-hydrogen) atoms. The molecule has 92 valence electrons. The van der Waals surface area contributed by atoms with E-state index < -0.39 is 8.32 Å². The van der Waals surface area contributed by atoms with Crippen LogP contribution in [0.1, 0.15) is 13.8 Å². The topological polar surface area (TPSA) is 44.1 Å². The Balaban J connectivity index is 2.45. The Morgan fingerprint density at radius 3 is 2.56 bits per heavy atom. The van der Waals surface area contributed by atoms with Crippen molar-refractivity contribution >= 4 is 14.1 Å². The third-order valence-corrected chi connectivity index (χ3v) is 7.09. The molecule has 1 rings (SSSR count). The van der Waals surface area contributed by atoms with E-state index in [1.165, 1.54) is 0 Å². The molecule has 0 saturated carbocycles. The van der Waals surface area contributed by atoms with Gasteiger partial charge in [0.2, 0.25) is 0 Å². The Morgan fingerprint density at radius 1 is 1.50 bits per heavy atom. The van der Waals surface area contributed by atoms with Gasteiger partial charge in [-0.2, -0.15) is 0 Å². The summed E-state index contributed by atoms with van der Waals surface area (Å²) in [4.78, 5) is 0. The summed E-state index contributed by atoms with van der Waals surface area (Å²) in [6.45, 7) is 10.6. The molecule has 0 aliphatic carbocycles. The van der Waals surface area contributed by atoms with Crippen LogP contribution in [0.2, 0.25) is 18.6 Å². The molecule has 0 fully saturated rings. The number of rotatable bonds is 5. The zero-order valence-electron chi connectivity index (χ0n) is 11.0. The molecule has 0 radical (unpaired) electrons. The van der Waals surface area contributed by atoms with E-state index in [-0.39, 0.29) is 0 Å². The second kappa shape index (κ2) is 5.01. The number of nitrogens with two attached hydrogens (primary N) is 1. The van der Waals surface area contributed by atoms with Crippen molar-refractivity contribution < 1.29 is 9.11 Å². The first kappa shape index (κ1) is 13.3. The molecule has 4 nitrogen and oxygen atoms in total. The molecular formula is C11H24N3OSi+. The highest BCUT2D eigenvalue weighted by molar-refractivity contribution is 6.72. The maximum Gasteiger partial charge on any atom is 0.197 e. The standard InChI is InChI=1S/C11H23N3OSi/c1-10(2)16(4,5)15-9-8-14-7-6-11(12)13(14)3/h6-7,10,12H,8-9H2,1-5H3/p+1. The third-order valence-electron chi connectivity index (χ3n) is 3.36. The number of nitrogens with zero attached hydrogens (tertiary/aromatic N) is 2. The first-order valence-corrected chi connectivity index (χ1v) is 8.78. The number of aromatic nitrogens is 2. The highest BCUT2D eigenvalue weighted by Crippen LogP contribution is 2.20. The van der Waals surface area contributed by atoms with Gasteiger partial charge in [0.1, 0.15) is 0 Å². The predicted molar refractivity (Wildman–Crippen MR) is 68.6 cm³/mol. The van der Waals surface area contributed by atoms with Crippen LogP contribution in [0.5, 0.6) is 0 Å². The molecule has 0 aliphatic rings. The van der Waals surface area contributed by atoms with Gasteiger partial charge in [-0.3, -0.25) is 0 Å². The molecule has 0 aliphatic heterocycles. The van der Waals surface area contributed by atoms with Gasteiger partial charge in [-0.1, -0.05) is 13.8 Å². The SMILES string of the molecule is CC(C)[Si](C)(C)OCC[n+]1ccc(N)n1C. The smallest absolute Gasteiger partial charge is 0.197 e. The average molecular weight is 242 g/mol. The minimum Gasteiger partial charge on any atom is -0.411 e.